The van der Waals surface area contributed by atoms with E-state index >= 15 is 0 Å². The van der Waals surface area contributed by atoms with Gasteiger partial charge in [-0.3, -0.25) is 14.8 Å². The van der Waals surface area contributed by atoms with Gasteiger partial charge in [0, 0.05) is 18.9 Å². The van der Waals surface area contributed by atoms with Crippen molar-refractivity contribution in [1.82, 2.24) is 20.0 Å². The van der Waals surface area contributed by atoms with Crippen LogP contribution in [-0.4, -0.2) is 38.7 Å². The zero-order valence-corrected chi connectivity index (χ0v) is 10.1. The average Bonchev–Trinajstić information content (AvgIpc) is 3.02. The topological polar surface area (TPSA) is 67.2 Å². The summed E-state index contributed by atoms with van der Waals surface area (Å²) in [4.78, 5) is 25.6. The van der Waals surface area contributed by atoms with Crippen molar-refractivity contribution in [1.29, 1.82) is 0 Å². The monoisotopic (exact) mass is 248 g/mol. The summed E-state index contributed by atoms with van der Waals surface area (Å²) in [5.74, 6) is -0.120. The van der Waals surface area contributed by atoms with Crippen LogP contribution in [0.25, 0.3) is 0 Å². The largest absolute Gasteiger partial charge is 0.325 e. The van der Waals surface area contributed by atoms with Crippen LogP contribution in [0.3, 0.4) is 0 Å². The van der Waals surface area contributed by atoms with E-state index in [0.29, 0.717) is 13.1 Å². The lowest BCUT2D eigenvalue weighted by atomic mass is 9.96. The Morgan fingerprint density at radius 3 is 2.72 bits per heavy atom. The van der Waals surface area contributed by atoms with E-state index in [0.717, 1.165) is 25.7 Å². The van der Waals surface area contributed by atoms with Gasteiger partial charge in [0.1, 0.15) is 5.54 Å². The Labute approximate surface area is 105 Å². The number of carbonyl (C=O) groups excluding carboxylic acids is 2. The van der Waals surface area contributed by atoms with Gasteiger partial charge in [-0.1, -0.05) is 12.8 Å². The number of hydrogen-bond acceptors (Lipinski definition) is 3. The minimum atomic E-state index is -0.579. The Hall–Kier alpha value is -1.85. The Kier molecular flexibility index (Phi) is 2.57. The molecule has 1 N–H and O–H groups in total. The van der Waals surface area contributed by atoms with E-state index in [1.807, 2.05) is 12.3 Å². The van der Waals surface area contributed by atoms with Crippen LogP contribution >= 0.6 is 0 Å². The van der Waals surface area contributed by atoms with Crippen LogP contribution in [0, 0.1) is 0 Å². The van der Waals surface area contributed by atoms with Crippen molar-refractivity contribution in [2.45, 2.75) is 37.8 Å². The third-order valence-corrected chi connectivity index (χ3v) is 3.95. The van der Waals surface area contributed by atoms with E-state index in [1.165, 1.54) is 0 Å². The maximum Gasteiger partial charge on any atom is 0.325 e. The minimum Gasteiger partial charge on any atom is -0.308 e. The third kappa shape index (κ3) is 1.60. The van der Waals surface area contributed by atoms with E-state index in [4.69, 9.17) is 0 Å². The molecule has 2 fully saturated rings. The molecule has 0 radical (unpaired) electrons. The zero-order chi connectivity index (χ0) is 12.6. The van der Waals surface area contributed by atoms with E-state index in [-0.39, 0.29) is 11.9 Å². The number of hydrogen-bond donors (Lipinski definition) is 1. The first-order valence-electron chi connectivity index (χ1n) is 6.33. The van der Waals surface area contributed by atoms with Crippen molar-refractivity contribution in [2.24, 2.45) is 0 Å². The first-order chi connectivity index (χ1) is 8.72. The molecule has 2 heterocycles. The fourth-order valence-corrected chi connectivity index (χ4v) is 3.01. The van der Waals surface area contributed by atoms with Crippen LogP contribution in [0.15, 0.2) is 18.5 Å². The summed E-state index contributed by atoms with van der Waals surface area (Å²) in [6, 6.07) is 1.59. The van der Waals surface area contributed by atoms with Gasteiger partial charge >= 0.3 is 6.03 Å². The van der Waals surface area contributed by atoms with Gasteiger partial charge in [-0.05, 0) is 18.9 Å². The number of carbonyl (C=O) groups is 2. The quantitative estimate of drug-likeness (QED) is 0.802. The molecule has 18 heavy (non-hydrogen) atoms. The summed E-state index contributed by atoms with van der Waals surface area (Å²) in [5.41, 5.74) is -0.579. The predicted molar refractivity (Wildman–Crippen MR) is 63.7 cm³/mol. The van der Waals surface area contributed by atoms with E-state index in [2.05, 4.69) is 10.4 Å². The summed E-state index contributed by atoms with van der Waals surface area (Å²) in [5, 5.41) is 6.56. The molecule has 2 aliphatic rings. The number of nitrogens with one attached hydrogen (secondary N) is 1. The second kappa shape index (κ2) is 4.12. The lowest BCUT2D eigenvalue weighted by Crippen LogP contribution is -2.48. The van der Waals surface area contributed by atoms with Crippen LogP contribution in [0.1, 0.15) is 25.7 Å². The molecule has 3 rings (SSSR count). The maximum atomic E-state index is 12.0. The molecule has 1 aromatic rings. The molecule has 1 spiro atoms. The van der Waals surface area contributed by atoms with Gasteiger partial charge in [-0.2, -0.15) is 5.10 Å². The number of urea groups is 1. The lowest BCUT2D eigenvalue weighted by molar-refractivity contribution is -0.126. The molecule has 0 aromatic carbocycles. The number of amides is 3. The third-order valence-electron chi connectivity index (χ3n) is 3.95. The molecular formula is C12H16N4O2. The van der Waals surface area contributed by atoms with E-state index in [1.54, 1.807) is 15.8 Å². The number of rotatable bonds is 3. The van der Waals surface area contributed by atoms with Crippen molar-refractivity contribution in [3.63, 3.8) is 0 Å². The van der Waals surface area contributed by atoms with Gasteiger partial charge in [0.2, 0.25) is 0 Å². The SMILES string of the molecule is O=C1NC(=O)C2(CCCC2)N1CCn1cccn1. The summed E-state index contributed by atoms with van der Waals surface area (Å²) >= 11 is 0. The highest BCUT2D eigenvalue weighted by atomic mass is 16.2. The normalized spacial score (nSPS) is 21.9. The highest BCUT2D eigenvalue weighted by Gasteiger charge is 2.53. The summed E-state index contributed by atoms with van der Waals surface area (Å²) in [6.07, 6.45) is 7.16. The molecule has 0 atom stereocenters. The average molecular weight is 248 g/mol. The fourth-order valence-electron chi connectivity index (χ4n) is 3.01. The van der Waals surface area contributed by atoms with Gasteiger partial charge in [-0.15, -0.1) is 0 Å². The first kappa shape index (κ1) is 11.3. The summed E-state index contributed by atoms with van der Waals surface area (Å²) in [7, 11) is 0. The molecule has 3 amide bonds. The first-order valence-corrected chi connectivity index (χ1v) is 6.33. The van der Waals surface area contributed by atoms with Gasteiger partial charge in [0.25, 0.3) is 5.91 Å². The van der Waals surface area contributed by atoms with Gasteiger partial charge in [0.15, 0.2) is 0 Å². The zero-order valence-electron chi connectivity index (χ0n) is 10.1. The molecule has 0 bridgehead atoms. The standard InChI is InChI=1S/C12H16N4O2/c17-10-12(4-1-2-5-12)16(11(18)14-10)9-8-15-7-3-6-13-15/h3,6-7H,1-2,4-5,8-9H2,(H,14,17,18). The number of nitrogens with zero attached hydrogens (tertiary/aromatic N) is 3. The second-order valence-electron chi connectivity index (χ2n) is 4.92. The molecule has 1 aliphatic carbocycles. The fraction of sp³-hybridized carbons (Fsp3) is 0.583. The molecule has 1 saturated carbocycles. The van der Waals surface area contributed by atoms with Crippen LogP contribution < -0.4 is 5.32 Å². The Balaban J connectivity index is 1.76. The van der Waals surface area contributed by atoms with E-state index < -0.39 is 5.54 Å². The minimum absolute atomic E-state index is 0.120. The van der Waals surface area contributed by atoms with Crippen LogP contribution in [-0.2, 0) is 11.3 Å². The molecule has 6 heteroatoms. The van der Waals surface area contributed by atoms with Crippen molar-refractivity contribution in [2.75, 3.05) is 6.54 Å². The highest BCUT2D eigenvalue weighted by Crippen LogP contribution is 2.38. The Morgan fingerprint density at radius 2 is 2.06 bits per heavy atom. The summed E-state index contributed by atoms with van der Waals surface area (Å²) in [6.45, 7) is 1.15. The number of imide groups is 1. The lowest BCUT2D eigenvalue weighted by Gasteiger charge is -2.31. The van der Waals surface area contributed by atoms with Crippen molar-refractivity contribution >= 4 is 11.9 Å². The smallest absolute Gasteiger partial charge is 0.308 e. The van der Waals surface area contributed by atoms with Crippen molar-refractivity contribution in [3.05, 3.63) is 18.5 Å². The molecule has 6 nitrogen and oxygen atoms in total. The molecule has 1 aromatic heterocycles. The predicted octanol–water partition coefficient (Wildman–Crippen LogP) is 0.748. The van der Waals surface area contributed by atoms with Crippen molar-refractivity contribution < 1.29 is 9.59 Å². The van der Waals surface area contributed by atoms with Crippen LogP contribution in [0.5, 0.6) is 0 Å². The van der Waals surface area contributed by atoms with Gasteiger partial charge in [0.05, 0.1) is 6.54 Å². The van der Waals surface area contributed by atoms with Crippen LogP contribution in [0.2, 0.25) is 0 Å². The van der Waals surface area contributed by atoms with Gasteiger partial charge < -0.3 is 4.90 Å². The number of aromatic nitrogens is 2. The molecule has 1 saturated heterocycles. The highest BCUT2D eigenvalue weighted by molar-refractivity contribution is 6.07. The maximum absolute atomic E-state index is 12.0. The summed E-state index contributed by atoms with van der Waals surface area (Å²) < 4.78 is 1.78. The molecular weight excluding hydrogens is 232 g/mol. The van der Waals surface area contributed by atoms with E-state index in [9.17, 15) is 9.59 Å². The Bertz CT molecular complexity index is 462. The Morgan fingerprint density at radius 1 is 1.28 bits per heavy atom. The van der Waals surface area contributed by atoms with Crippen molar-refractivity contribution in [3.8, 4) is 0 Å². The van der Waals surface area contributed by atoms with Crippen LogP contribution in [0.4, 0.5) is 4.79 Å². The molecule has 1 aliphatic heterocycles. The van der Waals surface area contributed by atoms with Gasteiger partial charge in [-0.25, -0.2) is 4.79 Å². The molecule has 96 valence electrons. The molecule has 0 unspecified atom stereocenters. The second-order valence-corrected chi connectivity index (χ2v) is 4.92.